The molecule has 8 heteroatoms. The number of rotatable bonds is 6. The first kappa shape index (κ1) is 18.9. The highest BCUT2D eigenvalue weighted by atomic mass is 32.1. The molecule has 0 saturated carbocycles. The molecule has 0 bridgehead atoms. The molecule has 3 N–H and O–H groups in total. The van der Waals surface area contributed by atoms with Crippen molar-refractivity contribution in [1.29, 1.82) is 0 Å². The zero-order chi connectivity index (χ0) is 19.6. The number of benzene rings is 1. The van der Waals surface area contributed by atoms with Gasteiger partial charge in [0.1, 0.15) is 11.6 Å². The van der Waals surface area contributed by atoms with Crippen LogP contribution >= 0.6 is 11.3 Å². The van der Waals surface area contributed by atoms with E-state index in [2.05, 4.69) is 15.3 Å². The Kier molecular flexibility index (Phi) is 5.48. The molecule has 0 amide bonds. The molecule has 0 spiro atoms. The third-order valence-corrected chi connectivity index (χ3v) is 4.97. The number of carbonyl (C=O) groups is 1. The molecule has 3 aromatic rings. The fourth-order valence-corrected chi connectivity index (χ4v) is 3.43. The number of aromatic nitrogens is 2. The number of halogens is 1. The summed E-state index contributed by atoms with van der Waals surface area (Å²) in [6.45, 7) is 3.45. The predicted molar refractivity (Wildman–Crippen MR) is 102 cm³/mol. The van der Waals surface area contributed by atoms with Gasteiger partial charge in [-0.05, 0) is 43.7 Å². The van der Waals surface area contributed by atoms with Crippen molar-refractivity contribution in [2.45, 2.75) is 26.9 Å². The van der Waals surface area contributed by atoms with Gasteiger partial charge in [0.2, 0.25) is 0 Å². The van der Waals surface area contributed by atoms with Crippen molar-refractivity contribution in [1.82, 2.24) is 9.97 Å². The van der Waals surface area contributed by atoms with Crippen LogP contribution in [-0.2, 0) is 17.8 Å². The van der Waals surface area contributed by atoms with Crippen LogP contribution in [0.3, 0.4) is 0 Å². The van der Waals surface area contributed by atoms with E-state index < -0.39 is 11.8 Å². The molecule has 140 valence electrons. The lowest BCUT2D eigenvalue weighted by molar-refractivity contribution is -0.136. The van der Waals surface area contributed by atoms with E-state index in [0.29, 0.717) is 28.5 Å². The van der Waals surface area contributed by atoms with Crippen molar-refractivity contribution >= 4 is 28.8 Å². The van der Waals surface area contributed by atoms with Crippen LogP contribution in [0.5, 0.6) is 0 Å². The van der Waals surface area contributed by atoms with Crippen molar-refractivity contribution < 1.29 is 19.4 Å². The molecule has 0 unspecified atom stereocenters. The lowest BCUT2D eigenvalue weighted by atomic mass is 10.1. The zero-order valence-electron chi connectivity index (χ0n) is 14.8. The monoisotopic (exact) mass is 387 g/mol. The van der Waals surface area contributed by atoms with Gasteiger partial charge in [-0.1, -0.05) is 6.07 Å². The van der Waals surface area contributed by atoms with Crippen LogP contribution in [0.2, 0.25) is 0 Å². The number of thiophene rings is 1. The molecular formula is C19H18FN3O3S. The third kappa shape index (κ3) is 4.29. The summed E-state index contributed by atoms with van der Waals surface area (Å²) < 4.78 is 14.4. The van der Waals surface area contributed by atoms with Crippen LogP contribution in [0.1, 0.15) is 21.7 Å². The summed E-state index contributed by atoms with van der Waals surface area (Å²) in [4.78, 5) is 21.7. The predicted octanol–water partition coefficient (Wildman–Crippen LogP) is 3.82. The minimum atomic E-state index is -1.03. The summed E-state index contributed by atoms with van der Waals surface area (Å²) in [5, 5.41) is 21.4. The Bertz CT molecular complexity index is 1000. The van der Waals surface area contributed by atoms with Crippen molar-refractivity contribution in [3.63, 3.8) is 0 Å². The second-order valence-corrected chi connectivity index (χ2v) is 7.33. The molecule has 6 nitrogen and oxygen atoms in total. The number of nitrogens with one attached hydrogen (secondary N) is 1. The van der Waals surface area contributed by atoms with Crippen LogP contribution < -0.4 is 5.32 Å². The second kappa shape index (κ2) is 7.81. The van der Waals surface area contributed by atoms with Crippen LogP contribution in [0.15, 0.2) is 30.3 Å². The SMILES string of the molecule is Cc1ccc(-c2nc(C)c(CO)c(Nc3ccc(CC(=O)O)cc3F)n2)s1. The van der Waals surface area contributed by atoms with Gasteiger partial charge in [0.15, 0.2) is 5.82 Å². The van der Waals surface area contributed by atoms with Gasteiger partial charge < -0.3 is 15.5 Å². The van der Waals surface area contributed by atoms with E-state index in [1.165, 1.54) is 18.2 Å². The first-order valence-electron chi connectivity index (χ1n) is 8.19. The molecule has 3 rings (SSSR count). The summed E-state index contributed by atoms with van der Waals surface area (Å²) in [7, 11) is 0. The number of carboxylic acids is 1. The number of aliphatic hydroxyl groups is 1. The minimum absolute atomic E-state index is 0.144. The molecule has 2 aromatic heterocycles. The summed E-state index contributed by atoms with van der Waals surface area (Å²) in [6, 6.07) is 8.05. The van der Waals surface area contributed by atoms with Crippen molar-refractivity contribution in [3.8, 4) is 10.7 Å². The summed E-state index contributed by atoms with van der Waals surface area (Å²) >= 11 is 1.54. The fraction of sp³-hybridized carbons (Fsp3) is 0.211. The normalized spacial score (nSPS) is 10.8. The Morgan fingerprint density at radius 3 is 2.59 bits per heavy atom. The smallest absolute Gasteiger partial charge is 0.307 e. The van der Waals surface area contributed by atoms with Gasteiger partial charge in [-0.2, -0.15) is 0 Å². The maximum absolute atomic E-state index is 14.4. The number of aliphatic hydroxyl groups excluding tert-OH is 1. The van der Waals surface area contributed by atoms with E-state index in [0.717, 1.165) is 9.75 Å². The molecule has 0 aliphatic rings. The molecule has 0 radical (unpaired) electrons. The summed E-state index contributed by atoms with van der Waals surface area (Å²) in [5.74, 6) is -0.813. The molecule has 0 aliphatic heterocycles. The maximum atomic E-state index is 14.4. The Morgan fingerprint density at radius 1 is 1.22 bits per heavy atom. The van der Waals surface area contributed by atoms with Crippen molar-refractivity contribution in [2.75, 3.05) is 5.32 Å². The number of hydrogen-bond donors (Lipinski definition) is 3. The number of carboxylic acid groups (broad SMARTS) is 1. The number of anilines is 2. The molecular weight excluding hydrogens is 369 g/mol. The number of hydrogen-bond acceptors (Lipinski definition) is 6. The second-order valence-electron chi connectivity index (χ2n) is 6.04. The van der Waals surface area contributed by atoms with Crippen LogP contribution in [0, 0.1) is 19.7 Å². The van der Waals surface area contributed by atoms with Crippen LogP contribution in [0.25, 0.3) is 10.7 Å². The lowest BCUT2D eigenvalue weighted by Gasteiger charge is -2.14. The first-order valence-corrected chi connectivity index (χ1v) is 9.01. The molecule has 1 aromatic carbocycles. The van der Waals surface area contributed by atoms with Gasteiger partial charge in [0.25, 0.3) is 0 Å². The summed E-state index contributed by atoms with van der Waals surface area (Å²) in [5.41, 5.74) is 1.58. The van der Waals surface area contributed by atoms with Gasteiger partial charge in [-0.25, -0.2) is 14.4 Å². The molecule has 0 atom stereocenters. The van der Waals surface area contributed by atoms with Crippen LogP contribution in [0.4, 0.5) is 15.9 Å². The van der Waals surface area contributed by atoms with E-state index in [1.54, 1.807) is 18.3 Å². The van der Waals surface area contributed by atoms with E-state index in [9.17, 15) is 14.3 Å². The molecule has 0 fully saturated rings. The first-order chi connectivity index (χ1) is 12.9. The largest absolute Gasteiger partial charge is 0.481 e. The average molecular weight is 387 g/mol. The molecule has 2 heterocycles. The van der Waals surface area contributed by atoms with E-state index in [1.807, 2.05) is 19.1 Å². The highest BCUT2D eigenvalue weighted by Gasteiger charge is 2.15. The van der Waals surface area contributed by atoms with Crippen LogP contribution in [-0.4, -0.2) is 26.2 Å². The average Bonchev–Trinajstić information content (AvgIpc) is 3.03. The van der Waals surface area contributed by atoms with E-state index >= 15 is 0 Å². The Hall–Kier alpha value is -2.84. The standard InChI is InChI=1S/C19H18FN3O3S/c1-10-3-6-16(27-10)19-21-11(2)13(9-24)18(23-19)22-15-5-4-12(7-14(15)20)8-17(25)26/h3-7,24H,8-9H2,1-2H3,(H,25,26)(H,21,22,23). The van der Waals surface area contributed by atoms with Gasteiger partial charge in [-0.15, -0.1) is 11.3 Å². The highest BCUT2D eigenvalue weighted by molar-refractivity contribution is 7.15. The van der Waals surface area contributed by atoms with E-state index in [4.69, 9.17) is 5.11 Å². The Balaban J connectivity index is 1.98. The lowest BCUT2D eigenvalue weighted by Crippen LogP contribution is -2.07. The van der Waals surface area contributed by atoms with Gasteiger partial charge >= 0.3 is 5.97 Å². The summed E-state index contributed by atoms with van der Waals surface area (Å²) in [6.07, 6.45) is -0.256. The van der Waals surface area contributed by atoms with Gasteiger partial charge in [0, 0.05) is 16.1 Å². The minimum Gasteiger partial charge on any atom is -0.481 e. The van der Waals surface area contributed by atoms with Gasteiger partial charge in [0.05, 0.1) is 23.6 Å². The fourth-order valence-electron chi connectivity index (χ4n) is 2.63. The Labute approximate surface area is 159 Å². The van der Waals surface area contributed by atoms with Crippen molar-refractivity contribution in [2.24, 2.45) is 0 Å². The zero-order valence-corrected chi connectivity index (χ0v) is 15.6. The third-order valence-electron chi connectivity index (χ3n) is 3.97. The molecule has 0 aliphatic carbocycles. The van der Waals surface area contributed by atoms with Crippen molar-refractivity contribution in [3.05, 3.63) is 57.8 Å². The highest BCUT2D eigenvalue weighted by Crippen LogP contribution is 2.30. The number of aliphatic carboxylic acids is 1. The number of nitrogens with zero attached hydrogens (tertiary/aromatic N) is 2. The molecule has 27 heavy (non-hydrogen) atoms. The Morgan fingerprint density at radius 2 is 2.00 bits per heavy atom. The quantitative estimate of drug-likeness (QED) is 0.595. The van der Waals surface area contributed by atoms with Gasteiger partial charge in [-0.3, -0.25) is 4.79 Å². The maximum Gasteiger partial charge on any atom is 0.307 e. The molecule has 0 saturated heterocycles. The number of aryl methyl sites for hydroxylation is 2. The van der Waals surface area contributed by atoms with E-state index in [-0.39, 0.29) is 18.7 Å². The topological polar surface area (TPSA) is 95.3 Å².